The maximum Gasteiger partial charge on any atom is 0.101 e. The second kappa shape index (κ2) is 5.38. The van der Waals surface area contributed by atoms with Crippen molar-refractivity contribution >= 4 is 46.4 Å². The molecule has 90 valence electrons. The normalized spacial score (nSPS) is 10.2. The minimum Gasteiger partial charge on any atom is -0.192 e. The molecule has 0 unspecified atom stereocenters. The molecule has 0 radical (unpaired) electrons. The topological polar surface area (TPSA) is 23.8 Å². The first-order chi connectivity index (χ1) is 8.52. The molecule has 0 bridgehead atoms. The van der Waals surface area contributed by atoms with Gasteiger partial charge in [-0.25, -0.2) is 0 Å². The van der Waals surface area contributed by atoms with Crippen molar-refractivity contribution in [2.24, 2.45) is 0 Å². The fourth-order valence-corrected chi connectivity index (χ4v) is 2.34. The summed E-state index contributed by atoms with van der Waals surface area (Å²) in [5.74, 6) is 0. The second-order valence-electron chi connectivity index (χ2n) is 3.55. The van der Waals surface area contributed by atoms with Gasteiger partial charge in [-0.15, -0.1) is 0 Å². The third kappa shape index (κ3) is 2.58. The number of hydrogen-bond acceptors (Lipinski definition) is 1. The molecule has 5 heteroatoms. The van der Waals surface area contributed by atoms with Crippen LogP contribution in [0.1, 0.15) is 5.56 Å². The van der Waals surface area contributed by atoms with E-state index >= 15 is 0 Å². The molecule has 0 aliphatic carbocycles. The van der Waals surface area contributed by atoms with Gasteiger partial charge in [-0.2, -0.15) is 5.26 Å². The lowest BCUT2D eigenvalue weighted by molar-refractivity contribution is 1.48. The molecular formula is C13H5Cl4N. The van der Waals surface area contributed by atoms with Crippen LogP contribution in [-0.4, -0.2) is 0 Å². The largest absolute Gasteiger partial charge is 0.192 e. The molecule has 0 saturated heterocycles. The Morgan fingerprint density at radius 2 is 1.44 bits per heavy atom. The zero-order chi connectivity index (χ0) is 13.3. The van der Waals surface area contributed by atoms with Gasteiger partial charge in [-0.05, 0) is 29.8 Å². The lowest BCUT2D eigenvalue weighted by Gasteiger charge is -2.07. The van der Waals surface area contributed by atoms with Gasteiger partial charge in [0.05, 0.1) is 20.6 Å². The summed E-state index contributed by atoms with van der Waals surface area (Å²) in [7, 11) is 0. The molecule has 2 rings (SSSR count). The molecule has 0 amide bonds. The van der Waals surface area contributed by atoms with Crippen molar-refractivity contribution in [3.05, 3.63) is 56.0 Å². The van der Waals surface area contributed by atoms with E-state index in [4.69, 9.17) is 51.7 Å². The third-order valence-electron chi connectivity index (χ3n) is 2.41. The van der Waals surface area contributed by atoms with E-state index in [1.807, 2.05) is 6.07 Å². The van der Waals surface area contributed by atoms with E-state index in [1.165, 1.54) is 0 Å². The molecule has 0 saturated carbocycles. The summed E-state index contributed by atoms with van der Waals surface area (Å²) in [6.45, 7) is 0. The van der Waals surface area contributed by atoms with E-state index in [2.05, 4.69) is 0 Å². The molecule has 2 aromatic carbocycles. The quantitative estimate of drug-likeness (QED) is 0.606. The summed E-state index contributed by atoms with van der Waals surface area (Å²) in [6.07, 6.45) is 0. The second-order valence-corrected chi connectivity index (χ2v) is 5.18. The molecule has 18 heavy (non-hydrogen) atoms. The number of hydrogen-bond donors (Lipinski definition) is 0. The Morgan fingerprint density at radius 1 is 0.778 bits per heavy atom. The number of nitriles is 1. The van der Waals surface area contributed by atoms with Gasteiger partial charge in [-0.1, -0.05) is 52.5 Å². The molecule has 0 aliphatic rings. The van der Waals surface area contributed by atoms with Crippen LogP contribution in [0.25, 0.3) is 11.1 Å². The summed E-state index contributed by atoms with van der Waals surface area (Å²) >= 11 is 23.8. The van der Waals surface area contributed by atoms with Crippen LogP contribution < -0.4 is 0 Å². The number of benzene rings is 2. The van der Waals surface area contributed by atoms with Crippen LogP contribution in [0.5, 0.6) is 0 Å². The lowest BCUT2D eigenvalue weighted by Crippen LogP contribution is -1.84. The molecule has 0 aliphatic heterocycles. The number of rotatable bonds is 1. The Bertz CT molecular complexity index is 659. The summed E-state index contributed by atoms with van der Waals surface area (Å²) in [6, 6.07) is 10.3. The molecule has 2 aromatic rings. The zero-order valence-corrected chi connectivity index (χ0v) is 11.9. The molecule has 0 aromatic heterocycles. The fourth-order valence-electron chi connectivity index (χ4n) is 1.52. The fraction of sp³-hybridized carbons (Fsp3) is 0. The van der Waals surface area contributed by atoms with E-state index in [9.17, 15) is 0 Å². The first kappa shape index (κ1) is 13.5. The van der Waals surface area contributed by atoms with Crippen LogP contribution in [-0.2, 0) is 0 Å². The summed E-state index contributed by atoms with van der Waals surface area (Å²) < 4.78 is 0. The van der Waals surface area contributed by atoms with Crippen LogP contribution in [0.3, 0.4) is 0 Å². The molecule has 0 atom stereocenters. The first-order valence-corrected chi connectivity index (χ1v) is 6.38. The van der Waals surface area contributed by atoms with Gasteiger partial charge in [-0.3, -0.25) is 0 Å². The van der Waals surface area contributed by atoms with Gasteiger partial charge < -0.3 is 0 Å². The van der Waals surface area contributed by atoms with Gasteiger partial charge in [0.15, 0.2) is 0 Å². The highest BCUT2D eigenvalue weighted by atomic mass is 35.5. The standard InChI is InChI=1S/C13H5Cl4N/c14-10-2-1-7(3-8(10)6-18)9-4-12(16)13(17)5-11(9)15/h1-5H. The van der Waals surface area contributed by atoms with Crippen LogP contribution in [0.15, 0.2) is 30.3 Å². The molecular weight excluding hydrogens is 312 g/mol. The summed E-state index contributed by atoms with van der Waals surface area (Å²) in [5, 5.41) is 10.6. The minimum atomic E-state index is 0.385. The Hall–Kier alpha value is -0.910. The minimum absolute atomic E-state index is 0.385. The highest BCUT2D eigenvalue weighted by Crippen LogP contribution is 2.36. The Labute approximate surface area is 124 Å². The molecule has 0 fully saturated rings. The summed E-state index contributed by atoms with van der Waals surface area (Å²) in [4.78, 5) is 0. The van der Waals surface area contributed by atoms with E-state index < -0.39 is 0 Å². The van der Waals surface area contributed by atoms with Gasteiger partial charge >= 0.3 is 0 Å². The van der Waals surface area contributed by atoms with E-state index in [-0.39, 0.29) is 0 Å². The van der Waals surface area contributed by atoms with E-state index in [0.29, 0.717) is 31.2 Å². The van der Waals surface area contributed by atoms with Gasteiger partial charge in [0, 0.05) is 10.6 Å². The van der Waals surface area contributed by atoms with Crippen molar-refractivity contribution in [2.75, 3.05) is 0 Å². The van der Waals surface area contributed by atoms with Crippen molar-refractivity contribution in [1.82, 2.24) is 0 Å². The van der Waals surface area contributed by atoms with Crippen molar-refractivity contribution in [3.8, 4) is 17.2 Å². The first-order valence-electron chi connectivity index (χ1n) is 4.87. The number of nitrogens with zero attached hydrogens (tertiary/aromatic N) is 1. The average Bonchev–Trinajstić information content (AvgIpc) is 2.35. The van der Waals surface area contributed by atoms with Crippen LogP contribution in [0, 0.1) is 11.3 Å². The van der Waals surface area contributed by atoms with Gasteiger partial charge in [0.1, 0.15) is 6.07 Å². The predicted octanol–water partition coefficient (Wildman–Crippen LogP) is 5.84. The van der Waals surface area contributed by atoms with Crippen LogP contribution in [0.2, 0.25) is 20.1 Å². The SMILES string of the molecule is N#Cc1cc(-c2cc(Cl)c(Cl)cc2Cl)ccc1Cl. The van der Waals surface area contributed by atoms with E-state index in [0.717, 1.165) is 5.56 Å². The van der Waals surface area contributed by atoms with Crippen molar-refractivity contribution in [2.45, 2.75) is 0 Å². The van der Waals surface area contributed by atoms with Gasteiger partial charge in [0.25, 0.3) is 0 Å². The lowest BCUT2D eigenvalue weighted by atomic mass is 10.0. The van der Waals surface area contributed by atoms with E-state index in [1.54, 1.807) is 30.3 Å². The van der Waals surface area contributed by atoms with Gasteiger partial charge in [0.2, 0.25) is 0 Å². The highest BCUT2D eigenvalue weighted by molar-refractivity contribution is 6.44. The van der Waals surface area contributed by atoms with Crippen LogP contribution in [0.4, 0.5) is 0 Å². The zero-order valence-electron chi connectivity index (χ0n) is 8.85. The Kier molecular flexibility index (Phi) is 4.04. The van der Waals surface area contributed by atoms with Crippen molar-refractivity contribution in [3.63, 3.8) is 0 Å². The smallest absolute Gasteiger partial charge is 0.101 e. The summed E-state index contributed by atoms with van der Waals surface area (Å²) in [5.41, 5.74) is 1.86. The molecule has 0 spiro atoms. The van der Waals surface area contributed by atoms with Crippen molar-refractivity contribution < 1.29 is 0 Å². The molecule has 1 nitrogen and oxygen atoms in total. The highest BCUT2D eigenvalue weighted by Gasteiger charge is 2.10. The van der Waals surface area contributed by atoms with Crippen LogP contribution >= 0.6 is 46.4 Å². The maximum atomic E-state index is 8.94. The predicted molar refractivity (Wildman–Crippen MR) is 76.6 cm³/mol. The Morgan fingerprint density at radius 3 is 2.11 bits per heavy atom. The monoisotopic (exact) mass is 315 g/mol. The van der Waals surface area contributed by atoms with Crippen molar-refractivity contribution in [1.29, 1.82) is 5.26 Å². The number of halogens is 4. The molecule has 0 heterocycles. The molecule has 0 N–H and O–H groups in total. The Balaban J connectivity index is 2.63. The average molecular weight is 317 g/mol. The third-order valence-corrected chi connectivity index (χ3v) is 3.77. The maximum absolute atomic E-state index is 8.94.